The lowest BCUT2D eigenvalue weighted by Crippen LogP contribution is -2.04. The molecule has 4 rings (SSSR count). The first-order chi connectivity index (χ1) is 15.2. The summed E-state index contributed by atoms with van der Waals surface area (Å²) in [5.41, 5.74) is 4.95. The average Bonchev–Trinajstić information content (AvgIpc) is 3.47. The van der Waals surface area contributed by atoms with Crippen LogP contribution in [0.3, 0.4) is 0 Å². The number of hydrogen-bond donors (Lipinski definition) is 1. The fourth-order valence-corrected chi connectivity index (χ4v) is 4.49. The number of aryl methyl sites for hydroxylation is 1. The summed E-state index contributed by atoms with van der Waals surface area (Å²) in [6.45, 7) is 4.04. The minimum absolute atomic E-state index is 0.290. The number of benzene rings is 2. The van der Waals surface area contributed by atoms with Crippen molar-refractivity contribution < 1.29 is 9.53 Å². The maximum Gasteiger partial charge on any atom is 0.348 e. The van der Waals surface area contributed by atoms with Gasteiger partial charge in [0.1, 0.15) is 10.9 Å². The Labute approximate surface area is 183 Å². The number of rotatable bonds is 6. The van der Waals surface area contributed by atoms with Gasteiger partial charge in [0.15, 0.2) is 0 Å². The van der Waals surface area contributed by atoms with Crippen LogP contribution in [0.2, 0.25) is 0 Å². The van der Waals surface area contributed by atoms with Crippen molar-refractivity contribution in [3.63, 3.8) is 0 Å². The molecule has 0 aliphatic carbocycles. The first kappa shape index (κ1) is 20.4. The number of thiophene rings is 1. The van der Waals surface area contributed by atoms with Crippen LogP contribution in [-0.4, -0.2) is 33.2 Å². The predicted molar refractivity (Wildman–Crippen MR) is 118 cm³/mol. The monoisotopic (exact) mass is 429 g/mol. The highest BCUT2D eigenvalue weighted by molar-refractivity contribution is 7.14. The summed E-state index contributed by atoms with van der Waals surface area (Å²) in [5, 5.41) is 23.7. The highest BCUT2D eigenvalue weighted by Gasteiger charge is 2.24. The molecule has 0 radical (unpaired) electrons. The van der Waals surface area contributed by atoms with Crippen molar-refractivity contribution in [3.8, 4) is 39.7 Å². The molecule has 0 atom stereocenters. The molecule has 0 saturated carbocycles. The van der Waals surface area contributed by atoms with E-state index in [2.05, 4.69) is 26.7 Å². The summed E-state index contributed by atoms with van der Waals surface area (Å²) in [6.07, 6.45) is 0.685. The van der Waals surface area contributed by atoms with Gasteiger partial charge in [0, 0.05) is 16.0 Å². The fourth-order valence-electron chi connectivity index (χ4n) is 3.39. The van der Waals surface area contributed by atoms with Crippen molar-refractivity contribution in [2.45, 2.75) is 20.3 Å². The van der Waals surface area contributed by atoms with Gasteiger partial charge >= 0.3 is 5.97 Å². The van der Waals surface area contributed by atoms with Crippen molar-refractivity contribution in [2.75, 3.05) is 6.61 Å². The quantitative estimate of drug-likeness (QED) is 0.438. The Morgan fingerprint density at radius 2 is 1.65 bits per heavy atom. The maximum atomic E-state index is 12.5. The summed E-state index contributed by atoms with van der Waals surface area (Å²) in [6, 6.07) is 18.0. The van der Waals surface area contributed by atoms with E-state index in [1.807, 2.05) is 55.5 Å². The second-order valence-corrected chi connectivity index (χ2v) is 7.79. The summed E-state index contributed by atoms with van der Waals surface area (Å²) in [7, 11) is 0. The van der Waals surface area contributed by atoms with Gasteiger partial charge in [-0.05, 0) is 35.2 Å². The van der Waals surface area contributed by atoms with Crippen LogP contribution < -0.4 is 0 Å². The molecule has 7 nitrogen and oxygen atoms in total. The molecule has 0 unspecified atom stereocenters. The Hall–Kier alpha value is -3.83. The first-order valence-corrected chi connectivity index (χ1v) is 10.7. The van der Waals surface area contributed by atoms with Crippen LogP contribution in [-0.2, 0) is 11.2 Å². The number of aromatic nitrogens is 4. The van der Waals surface area contributed by atoms with Crippen molar-refractivity contribution in [2.24, 2.45) is 0 Å². The predicted octanol–water partition coefficient (Wildman–Crippen LogP) is 4.87. The molecular weight excluding hydrogens is 410 g/mol. The Balaban J connectivity index is 1.69. The van der Waals surface area contributed by atoms with Gasteiger partial charge in [0.25, 0.3) is 0 Å². The van der Waals surface area contributed by atoms with Crippen LogP contribution in [0.1, 0.15) is 34.0 Å². The van der Waals surface area contributed by atoms with Gasteiger partial charge in [-0.15, -0.1) is 21.5 Å². The molecule has 0 amide bonds. The van der Waals surface area contributed by atoms with E-state index in [0.717, 1.165) is 27.1 Å². The third-order valence-corrected chi connectivity index (χ3v) is 6.18. The fraction of sp³-hybridized carbons (Fsp3) is 0.174. The SMILES string of the molecule is CCOC(=O)c1sc(CC)c(C#N)c1-c1ccc(-c2ccc(-c3nn[nH]n3)cc2)cc1. The van der Waals surface area contributed by atoms with Gasteiger partial charge in [0.05, 0.1) is 12.2 Å². The first-order valence-electron chi connectivity index (χ1n) is 9.83. The number of carbonyl (C=O) groups is 1. The van der Waals surface area contributed by atoms with Gasteiger partial charge in [-0.2, -0.15) is 10.5 Å². The standard InChI is InChI=1S/C23H19N5O2S/c1-3-19-18(13-24)20(21(31-19)23(29)30-4-2)16-9-5-14(6-10-16)15-7-11-17(12-8-15)22-25-27-28-26-22/h5-12H,3-4H2,1-2H3,(H,25,26,27,28). The zero-order valence-corrected chi connectivity index (χ0v) is 17.9. The topological polar surface area (TPSA) is 105 Å². The van der Waals surface area contributed by atoms with E-state index in [9.17, 15) is 10.1 Å². The molecule has 4 aromatic rings. The molecule has 2 aromatic carbocycles. The third kappa shape index (κ3) is 3.96. The van der Waals surface area contributed by atoms with Crippen molar-refractivity contribution in [1.82, 2.24) is 20.6 Å². The van der Waals surface area contributed by atoms with Gasteiger partial charge in [-0.3, -0.25) is 0 Å². The molecule has 8 heteroatoms. The minimum atomic E-state index is -0.389. The molecule has 2 aromatic heterocycles. The van der Waals surface area contributed by atoms with Gasteiger partial charge in [-0.25, -0.2) is 4.79 Å². The number of tetrazole rings is 1. The number of ether oxygens (including phenoxy) is 1. The highest BCUT2D eigenvalue weighted by Crippen LogP contribution is 2.38. The van der Waals surface area contributed by atoms with Crippen LogP contribution in [0.5, 0.6) is 0 Å². The molecule has 0 spiro atoms. The normalized spacial score (nSPS) is 10.6. The Morgan fingerprint density at radius 1 is 1.03 bits per heavy atom. The lowest BCUT2D eigenvalue weighted by molar-refractivity contribution is 0.0533. The lowest BCUT2D eigenvalue weighted by Gasteiger charge is -2.07. The maximum absolute atomic E-state index is 12.5. The van der Waals surface area contributed by atoms with E-state index < -0.39 is 0 Å². The number of hydrogen-bond acceptors (Lipinski definition) is 7. The van der Waals surface area contributed by atoms with E-state index in [4.69, 9.17) is 4.74 Å². The molecule has 154 valence electrons. The van der Waals surface area contributed by atoms with Crippen molar-refractivity contribution in [1.29, 1.82) is 5.26 Å². The van der Waals surface area contributed by atoms with Gasteiger partial charge < -0.3 is 4.74 Å². The van der Waals surface area contributed by atoms with E-state index in [1.165, 1.54) is 11.3 Å². The number of esters is 1. The molecule has 0 saturated heterocycles. The summed E-state index contributed by atoms with van der Waals surface area (Å²) in [5.74, 6) is 0.154. The molecule has 31 heavy (non-hydrogen) atoms. The molecule has 0 fully saturated rings. The molecule has 0 bridgehead atoms. The number of nitrogens with one attached hydrogen (secondary N) is 1. The van der Waals surface area contributed by atoms with Crippen LogP contribution in [0.25, 0.3) is 33.6 Å². The summed E-state index contributed by atoms with van der Waals surface area (Å²) < 4.78 is 5.23. The second-order valence-electron chi connectivity index (χ2n) is 6.68. The van der Waals surface area contributed by atoms with Crippen LogP contribution in [0, 0.1) is 11.3 Å². The van der Waals surface area contributed by atoms with Gasteiger partial charge in [0.2, 0.25) is 5.82 Å². The van der Waals surface area contributed by atoms with Crippen LogP contribution >= 0.6 is 11.3 Å². The van der Waals surface area contributed by atoms with Gasteiger partial charge in [-0.1, -0.05) is 55.5 Å². The van der Waals surface area contributed by atoms with Crippen molar-refractivity contribution >= 4 is 17.3 Å². The largest absolute Gasteiger partial charge is 0.462 e. The minimum Gasteiger partial charge on any atom is -0.462 e. The van der Waals surface area contributed by atoms with E-state index in [-0.39, 0.29) is 12.6 Å². The Bertz CT molecular complexity index is 1240. The number of nitriles is 1. The zero-order chi connectivity index (χ0) is 21.8. The lowest BCUT2D eigenvalue weighted by atomic mass is 9.97. The number of carbonyl (C=O) groups excluding carboxylic acids is 1. The molecular formula is C23H19N5O2S. The summed E-state index contributed by atoms with van der Waals surface area (Å²) >= 11 is 1.34. The number of aromatic amines is 1. The zero-order valence-electron chi connectivity index (χ0n) is 17.0. The molecule has 0 aliphatic heterocycles. The smallest absolute Gasteiger partial charge is 0.348 e. The van der Waals surface area contributed by atoms with E-state index in [1.54, 1.807) is 6.92 Å². The van der Waals surface area contributed by atoms with E-state index >= 15 is 0 Å². The second kappa shape index (κ2) is 8.90. The number of nitrogens with zero attached hydrogens (tertiary/aromatic N) is 4. The third-order valence-electron chi connectivity index (χ3n) is 4.87. The Morgan fingerprint density at radius 3 is 2.16 bits per heavy atom. The number of H-pyrrole nitrogens is 1. The van der Waals surface area contributed by atoms with Crippen LogP contribution in [0.15, 0.2) is 48.5 Å². The molecule has 0 aliphatic rings. The van der Waals surface area contributed by atoms with Crippen LogP contribution in [0.4, 0.5) is 0 Å². The van der Waals surface area contributed by atoms with E-state index in [0.29, 0.717) is 28.2 Å². The Kier molecular flexibility index (Phi) is 5.87. The summed E-state index contributed by atoms with van der Waals surface area (Å²) in [4.78, 5) is 13.9. The van der Waals surface area contributed by atoms with Crippen molar-refractivity contribution in [3.05, 3.63) is 63.8 Å². The molecule has 1 N–H and O–H groups in total. The average molecular weight is 430 g/mol. The highest BCUT2D eigenvalue weighted by atomic mass is 32.1. The molecule has 2 heterocycles.